The van der Waals surface area contributed by atoms with E-state index in [1.807, 2.05) is 37.4 Å². The van der Waals surface area contributed by atoms with E-state index in [4.69, 9.17) is 23.2 Å². The van der Waals surface area contributed by atoms with Crippen molar-refractivity contribution in [3.63, 3.8) is 0 Å². The van der Waals surface area contributed by atoms with Crippen molar-refractivity contribution in [2.75, 3.05) is 46.8 Å². The molecule has 2 saturated heterocycles. The highest BCUT2D eigenvalue weighted by Gasteiger charge is 2.35. The lowest BCUT2D eigenvalue weighted by Crippen LogP contribution is -2.54. The molecule has 2 aromatic rings. The van der Waals surface area contributed by atoms with Gasteiger partial charge >= 0.3 is 0 Å². The topological polar surface area (TPSA) is 64.7 Å². The Bertz CT molecular complexity index is 1140. The van der Waals surface area contributed by atoms with Crippen LogP contribution in [0.2, 0.25) is 10.0 Å². The molecule has 0 saturated carbocycles. The van der Waals surface area contributed by atoms with E-state index in [1.165, 1.54) is 31.9 Å². The van der Waals surface area contributed by atoms with Crippen molar-refractivity contribution in [3.05, 3.63) is 63.6 Å². The summed E-state index contributed by atoms with van der Waals surface area (Å²) in [5.74, 6) is 0.548. The quantitative estimate of drug-likeness (QED) is 0.409. The van der Waals surface area contributed by atoms with Gasteiger partial charge in [0, 0.05) is 19.6 Å². The van der Waals surface area contributed by atoms with E-state index < -0.39 is 10.0 Å². The van der Waals surface area contributed by atoms with Crippen LogP contribution in [0.3, 0.4) is 0 Å². The van der Waals surface area contributed by atoms with Crippen LogP contribution in [0.5, 0.6) is 0 Å². The fourth-order valence-electron chi connectivity index (χ4n) is 6.03. The first-order valence-electron chi connectivity index (χ1n) is 13.4. The number of likely N-dealkylation sites (tertiary alicyclic amines) is 2. The van der Waals surface area contributed by atoms with Crippen LogP contribution in [0.25, 0.3) is 0 Å². The summed E-state index contributed by atoms with van der Waals surface area (Å²) in [7, 11) is -0.0274. The lowest BCUT2D eigenvalue weighted by atomic mass is 9.86. The highest BCUT2D eigenvalue weighted by atomic mass is 35.5. The minimum absolute atomic E-state index is 0.214. The van der Waals surface area contributed by atoms with Gasteiger partial charge in [0.05, 0.1) is 21.1 Å². The van der Waals surface area contributed by atoms with E-state index in [1.54, 1.807) is 6.07 Å². The number of benzene rings is 2. The first kappa shape index (κ1) is 28.8. The number of rotatable bonds is 10. The van der Waals surface area contributed by atoms with Gasteiger partial charge in [0.1, 0.15) is 0 Å². The second kappa shape index (κ2) is 13.2. The Kier molecular flexibility index (Phi) is 10.3. The van der Waals surface area contributed by atoms with Gasteiger partial charge in [-0.15, -0.1) is 0 Å². The second-order valence-corrected chi connectivity index (χ2v) is 13.0. The number of nitrogens with zero attached hydrogens (tertiary/aromatic N) is 2. The molecule has 37 heavy (non-hydrogen) atoms. The molecule has 4 rings (SSSR count). The van der Waals surface area contributed by atoms with Gasteiger partial charge < -0.3 is 5.32 Å². The number of halogens is 2. The van der Waals surface area contributed by atoms with Gasteiger partial charge in [-0.2, -0.15) is 0 Å². The first-order valence-corrected chi connectivity index (χ1v) is 15.7. The van der Waals surface area contributed by atoms with Crippen molar-refractivity contribution < 1.29 is 8.42 Å². The summed E-state index contributed by atoms with van der Waals surface area (Å²) in [6.45, 7) is 5.02. The summed E-state index contributed by atoms with van der Waals surface area (Å²) >= 11 is 12.5. The van der Waals surface area contributed by atoms with Crippen molar-refractivity contribution in [3.8, 4) is 0 Å². The Balaban J connectivity index is 1.54. The van der Waals surface area contributed by atoms with Crippen molar-refractivity contribution >= 4 is 33.2 Å². The van der Waals surface area contributed by atoms with Crippen LogP contribution in [0.1, 0.15) is 61.5 Å². The number of nitrogens with one attached hydrogen (secondary N) is 2. The molecule has 0 aromatic heterocycles. The molecule has 0 amide bonds. The summed E-state index contributed by atoms with van der Waals surface area (Å²) < 4.78 is 28.1. The molecule has 0 bridgehead atoms. The fraction of sp³-hybridized carbons (Fsp3) is 0.571. The summed E-state index contributed by atoms with van der Waals surface area (Å²) in [4.78, 5) is 5.69. The third-order valence-electron chi connectivity index (χ3n) is 8.04. The maximum absolute atomic E-state index is 12.8. The Morgan fingerprint density at radius 3 is 2.46 bits per heavy atom. The zero-order chi connectivity index (χ0) is 26.4. The summed E-state index contributed by atoms with van der Waals surface area (Å²) in [6.07, 6.45) is 6.96. The van der Waals surface area contributed by atoms with Gasteiger partial charge in [0.2, 0.25) is 10.0 Å². The van der Waals surface area contributed by atoms with Crippen LogP contribution in [0.15, 0.2) is 47.4 Å². The number of piperidine rings is 2. The molecule has 3 unspecified atom stereocenters. The molecule has 2 aromatic carbocycles. The van der Waals surface area contributed by atoms with Gasteiger partial charge in [-0.1, -0.05) is 53.9 Å². The summed E-state index contributed by atoms with van der Waals surface area (Å²) in [5.41, 5.74) is 2.15. The maximum atomic E-state index is 12.8. The second-order valence-electron chi connectivity index (χ2n) is 10.3. The molecule has 2 heterocycles. The Hall–Kier alpha value is -1.19. The predicted molar refractivity (Wildman–Crippen MR) is 153 cm³/mol. The van der Waals surface area contributed by atoms with Gasteiger partial charge in [0.25, 0.3) is 0 Å². The predicted octanol–water partition coefficient (Wildman–Crippen LogP) is 5.29. The molecular weight excluding hydrogens is 527 g/mol. The molecule has 2 N–H and O–H groups in total. The standard InChI is InChI=1S/C28H40Cl2N4O2S/c1-31-20-23(21-10-11-25(29)26(30)18-21)13-17-34-16-12-22(19-28(34)33-14-6-3-7-15-33)24-8-4-5-9-27(24)37(35,36)32-2/h4-5,8-11,18,22-23,28,31-32H,3,6-7,12-17,19-20H2,1-2H3. The van der Waals surface area contributed by atoms with Crippen LogP contribution in [-0.4, -0.2) is 71.2 Å². The van der Waals surface area contributed by atoms with Crippen LogP contribution in [0.4, 0.5) is 0 Å². The van der Waals surface area contributed by atoms with Gasteiger partial charge in [-0.05, 0) is 100 Å². The van der Waals surface area contributed by atoms with Crippen molar-refractivity contribution in [1.82, 2.24) is 19.8 Å². The number of hydrogen-bond donors (Lipinski definition) is 2. The van der Waals surface area contributed by atoms with Gasteiger partial charge in [-0.3, -0.25) is 9.80 Å². The maximum Gasteiger partial charge on any atom is 0.240 e. The largest absolute Gasteiger partial charge is 0.319 e. The number of hydrogen-bond acceptors (Lipinski definition) is 5. The molecule has 3 atom stereocenters. The molecular formula is C28H40Cl2N4O2S. The molecule has 9 heteroatoms. The molecule has 2 aliphatic rings. The van der Waals surface area contributed by atoms with Crippen molar-refractivity contribution in [2.24, 2.45) is 0 Å². The zero-order valence-corrected chi connectivity index (χ0v) is 24.3. The fourth-order valence-corrected chi connectivity index (χ4v) is 7.35. The third-order valence-corrected chi connectivity index (χ3v) is 10.3. The SMILES string of the molecule is CNCC(CCN1CCC(c2ccccc2S(=O)(=O)NC)CC1N1CCCCC1)c1ccc(Cl)c(Cl)c1. The van der Waals surface area contributed by atoms with Crippen LogP contribution in [0, 0.1) is 0 Å². The van der Waals surface area contributed by atoms with E-state index in [2.05, 4.69) is 25.9 Å². The van der Waals surface area contributed by atoms with E-state index in [9.17, 15) is 8.42 Å². The summed E-state index contributed by atoms with van der Waals surface area (Å²) in [5, 5.41) is 4.53. The molecule has 6 nitrogen and oxygen atoms in total. The molecule has 2 aliphatic heterocycles. The summed E-state index contributed by atoms with van der Waals surface area (Å²) in [6, 6.07) is 13.5. The van der Waals surface area contributed by atoms with E-state index in [0.717, 1.165) is 57.5 Å². The smallest absolute Gasteiger partial charge is 0.240 e. The average molecular weight is 568 g/mol. The Morgan fingerprint density at radius 2 is 1.76 bits per heavy atom. The van der Waals surface area contributed by atoms with Crippen LogP contribution >= 0.6 is 23.2 Å². The highest BCUT2D eigenvalue weighted by Crippen LogP contribution is 2.37. The Morgan fingerprint density at radius 1 is 1.00 bits per heavy atom. The molecule has 2 fully saturated rings. The van der Waals surface area contributed by atoms with Crippen LogP contribution in [-0.2, 0) is 10.0 Å². The lowest BCUT2D eigenvalue weighted by molar-refractivity contribution is -0.00580. The van der Waals surface area contributed by atoms with Crippen molar-refractivity contribution in [2.45, 2.75) is 61.4 Å². The van der Waals surface area contributed by atoms with E-state index in [-0.39, 0.29) is 5.92 Å². The normalized spacial score (nSPS) is 22.7. The number of likely N-dealkylation sites (N-methyl/N-ethyl adjacent to an activating group) is 1. The first-order chi connectivity index (χ1) is 17.8. The Labute approximate surface area is 232 Å². The van der Waals surface area contributed by atoms with E-state index in [0.29, 0.717) is 27.0 Å². The monoisotopic (exact) mass is 566 g/mol. The number of sulfonamides is 1. The van der Waals surface area contributed by atoms with Gasteiger partial charge in [-0.25, -0.2) is 13.1 Å². The minimum Gasteiger partial charge on any atom is -0.319 e. The molecule has 204 valence electrons. The van der Waals surface area contributed by atoms with Crippen molar-refractivity contribution in [1.29, 1.82) is 0 Å². The highest BCUT2D eigenvalue weighted by molar-refractivity contribution is 7.89. The lowest BCUT2D eigenvalue weighted by Gasteiger charge is -2.47. The average Bonchev–Trinajstić information content (AvgIpc) is 2.93. The zero-order valence-electron chi connectivity index (χ0n) is 21.9. The molecule has 0 radical (unpaired) electrons. The van der Waals surface area contributed by atoms with E-state index >= 15 is 0 Å². The molecule has 0 spiro atoms. The van der Waals surface area contributed by atoms with Crippen LogP contribution < -0.4 is 10.0 Å². The molecule has 0 aliphatic carbocycles. The minimum atomic E-state index is -3.50. The third kappa shape index (κ3) is 7.07. The van der Waals surface area contributed by atoms with Gasteiger partial charge in [0.15, 0.2) is 0 Å².